The molecule has 2 heterocycles. The van der Waals surface area contributed by atoms with Crippen molar-refractivity contribution in [2.24, 2.45) is 11.5 Å². The highest BCUT2D eigenvalue weighted by atomic mass is 35.5. The minimum Gasteiger partial charge on any atom is -0.329 e. The molecule has 0 spiro atoms. The van der Waals surface area contributed by atoms with E-state index in [1.165, 1.54) is 0 Å². The van der Waals surface area contributed by atoms with Crippen LogP contribution in [0, 0.1) is 0 Å². The maximum absolute atomic E-state index is 12.7. The molecule has 2 atom stereocenters. The van der Waals surface area contributed by atoms with Crippen LogP contribution < -0.4 is 11.5 Å². The Kier molecular flexibility index (Phi) is 9.53. The Labute approximate surface area is 142 Å². The van der Waals surface area contributed by atoms with Crippen LogP contribution in [-0.4, -0.2) is 28.8 Å². The van der Waals surface area contributed by atoms with Crippen molar-refractivity contribution < 1.29 is 4.79 Å². The third kappa shape index (κ3) is 4.74. The first-order chi connectivity index (χ1) is 9.77. The fourth-order valence-corrected chi connectivity index (χ4v) is 2.24. The van der Waals surface area contributed by atoms with Crippen molar-refractivity contribution in [1.82, 2.24) is 9.97 Å². The van der Waals surface area contributed by atoms with Gasteiger partial charge < -0.3 is 11.5 Å². The summed E-state index contributed by atoms with van der Waals surface area (Å²) in [5.41, 5.74) is 13.2. The summed E-state index contributed by atoms with van der Waals surface area (Å²) in [6.45, 7) is 0.475. The van der Waals surface area contributed by atoms with Crippen LogP contribution in [0.1, 0.15) is 23.0 Å². The van der Waals surface area contributed by atoms with Crippen LogP contribution in [0.2, 0.25) is 0 Å². The van der Waals surface area contributed by atoms with E-state index < -0.39 is 11.8 Å². The lowest BCUT2D eigenvalue weighted by Crippen LogP contribution is -2.30. The SMILES string of the molecule is Cl.Cl.NCC(C(=O)C(CN)c1cccnc1)c1cccnc1. The molecule has 4 N–H and O–H groups in total. The average molecular weight is 343 g/mol. The zero-order chi connectivity index (χ0) is 14.4. The molecule has 0 radical (unpaired) electrons. The van der Waals surface area contributed by atoms with E-state index in [1.807, 2.05) is 12.1 Å². The molecule has 2 rings (SSSR count). The number of Topliss-reactive ketones (excluding diaryl/α,β-unsaturated/α-hetero) is 1. The number of hydrogen-bond acceptors (Lipinski definition) is 5. The molecule has 0 bridgehead atoms. The molecule has 0 aromatic carbocycles. The van der Waals surface area contributed by atoms with Crippen LogP contribution in [0.15, 0.2) is 49.1 Å². The van der Waals surface area contributed by atoms with E-state index in [-0.39, 0.29) is 43.7 Å². The second-order valence-electron chi connectivity index (χ2n) is 4.55. The summed E-state index contributed by atoms with van der Waals surface area (Å²) in [5.74, 6) is -0.772. The number of carbonyl (C=O) groups is 1. The largest absolute Gasteiger partial charge is 0.329 e. The van der Waals surface area contributed by atoms with E-state index in [1.54, 1.807) is 36.9 Å². The van der Waals surface area contributed by atoms with Gasteiger partial charge in [-0.1, -0.05) is 12.1 Å². The van der Waals surface area contributed by atoms with Gasteiger partial charge in [-0.15, -0.1) is 24.8 Å². The Morgan fingerprint density at radius 3 is 1.59 bits per heavy atom. The van der Waals surface area contributed by atoms with Gasteiger partial charge in [0.05, 0.1) is 11.8 Å². The smallest absolute Gasteiger partial charge is 0.150 e. The van der Waals surface area contributed by atoms with Gasteiger partial charge in [-0.3, -0.25) is 14.8 Å². The van der Waals surface area contributed by atoms with Crippen molar-refractivity contribution in [2.75, 3.05) is 13.1 Å². The number of ketones is 1. The van der Waals surface area contributed by atoms with Crippen LogP contribution in [0.3, 0.4) is 0 Å². The molecular weight excluding hydrogens is 323 g/mol. The fraction of sp³-hybridized carbons (Fsp3) is 0.267. The monoisotopic (exact) mass is 342 g/mol. The van der Waals surface area contributed by atoms with Crippen molar-refractivity contribution in [3.63, 3.8) is 0 Å². The normalized spacial score (nSPS) is 12.5. The lowest BCUT2D eigenvalue weighted by molar-refractivity contribution is -0.121. The molecule has 22 heavy (non-hydrogen) atoms. The number of nitrogens with zero attached hydrogens (tertiary/aromatic N) is 2. The molecule has 0 amide bonds. The van der Waals surface area contributed by atoms with Crippen molar-refractivity contribution in [2.45, 2.75) is 11.8 Å². The van der Waals surface area contributed by atoms with Gasteiger partial charge >= 0.3 is 0 Å². The maximum atomic E-state index is 12.7. The molecule has 0 aliphatic rings. The van der Waals surface area contributed by atoms with Gasteiger partial charge in [0.25, 0.3) is 0 Å². The van der Waals surface area contributed by atoms with Gasteiger partial charge in [0.15, 0.2) is 0 Å². The average Bonchev–Trinajstić information content (AvgIpc) is 2.51. The molecule has 2 aromatic rings. The first-order valence-corrected chi connectivity index (χ1v) is 6.51. The van der Waals surface area contributed by atoms with Crippen LogP contribution >= 0.6 is 24.8 Å². The molecule has 2 aromatic heterocycles. The summed E-state index contributed by atoms with van der Waals surface area (Å²) in [6, 6.07) is 7.32. The van der Waals surface area contributed by atoms with Crippen LogP contribution in [0.4, 0.5) is 0 Å². The highest BCUT2D eigenvalue weighted by Gasteiger charge is 2.27. The summed E-state index contributed by atoms with van der Waals surface area (Å²) in [7, 11) is 0. The Hall–Kier alpha value is -1.53. The van der Waals surface area contributed by atoms with Crippen LogP contribution in [-0.2, 0) is 4.79 Å². The van der Waals surface area contributed by atoms with Gasteiger partial charge in [-0.25, -0.2) is 0 Å². The molecule has 2 unspecified atom stereocenters. The Balaban J connectivity index is 0.00000220. The van der Waals surface area contributed by atoms with E-state index in [9.17, 15) is 4.79 Å². The van der Waals surface area contributed by atoms with Gasteiger partial charge in [-0.2, -0.15) is 0 Å². The minimum absolute atomic E-state index is 0. The summed E-state index contributed by atoms with van der Waals surface area (Å²) < 4.78 is 0. The maximum Gasteiger partial charge on any atom is 0.150 e. The van der Waals surface area contributed by atoms with E-state index in [2.05, 4.69) is 9.97 Å². The summed E-state index contributed by atoms with van der Waals surface area (Å²) >= 11 is 0. The molecular formula is C15H20Cl2N4O. The standard InChI is InChI=1S/C15H18N4O.2ClH/c16-7-13(11-3-1-5-18-9-11)15(20)14(8-17)12-4-2-6-19-10-12;;/h1-6,9-10,13-14H,7-8,16-17H2;2*1H. The first kappa shape index (κ1) is 20.5. The third-order valence-electron chi connectivity index (χ3n) is 3.33. The Bertz CT molecular complexity index is 504. The lowest BCUT2D eigenvalue weighted by Gasteiger charge is -2.20. The second kappa shape index (κ2) is 10.2. The van der Waals surface area contributed by atoms with Gasteiger partial charge in [0.2, 0.25) is 0 Å². The van der Waals surface area contributed by atoms with E-state index in [0.717, 1.165) is 11.1 Å². The zero-order valence-corrected chi connectivity index (χ0v) is 13.6. The number of rotatable bonds is 6. The van der Waals surface area contributed by atoms with Crippen LogP contribution in [0.5, 0.6) is 0 Å². The van der Waals surface area contributed by atoms with E-state index >= 15 is 0 Å². The summed E-state index contributed by atoms with van der Waals surface area (Å²) in [6.07, 6.45) is 6.69. The summed E-state index contributed by atoms with van der Waals surface area (Å²) in [5, 5.41) is 0. The predicted octanol–water partition coefficient (Wildman–Crippen LogP) is 1.67. The fourth-order valence-electron chi connectivity index (χ4n) is 2.24. The Morgan fingerprint density at radius 2 is 1.32 bits per heavy atom. The quantitative estimate of drug-likeness (QED) is 0.832. The van der Waals surface area contributed by atoms with Gasteiger partial charge in [0.1, 0.15) is 5.78 Å². The topological polar surface area (TPSA) is 94.9 Å². The number of aromatic nitrogens is 2. The molecule has 120 valence electrons. The van der Waals surface area contributed by atoms with Gasteiger partial charge in [0, 0.05) is 37.9 Å². The third-order valence-corrected chi connectivity index (χ3v) is 3.33. The molecule has 0 aliphatic heterocycles. The number of hydrogen-bond donors (Lipinski definition) is 2. The van der Waals surface area contributed by atoms with Crippen molar-refractivity contribution >= 4 is 30.6 Å². The second-order valence-corrected chi connectivity index (χ2v) is 4.55. The minimum atomic E-state index is -0.391. The van der Waals surface area contributed by atoms with Crippen molar-refractivity contribution in [3.8, 4) is 0 Å². The van der Waals surface area contributed by atoms with E-state index in [0.29, 0.717) is 0 Å². The first-order valence-electron chi connectivity index (χ1n) is 6.51. The molecule has 0 saturated heterocycles. The molecule has 0 fully saturated rings. The number of carbonyl (C=O) groups excluding carboxylic acids is 1. The highest BCUT2D eigenvalue weighted by Crippen LogP contribution is 2.24. The zero-order valence-electron chi connectivity index (χ0n) is 12.0. The molecule has 5 nitrogen and oxygen atoms in total. The highest BCUT2D eigenvalue weighted by molar-refractivity contribution is 5.92. The van der Waals surface area contributed by atoms with Gasteiger partial charge in [-0.05, 0) is 23.3 Å². The predicted molar refractivity (Wildman–Crippen MR) is 91.6 cm³/mol. The number of halogens is 2. The Morgan fingerprint density at radius 1 is 0.909 bits per heavy atom. The van der Waals surface area contributed by atoms with Crippen LogP contribution in [0.25, 0.3) is 0 Å². The van der Waals surface area contributed by atoms with E-state index in [4.69, 9.17) is 11.5 Å². The number of pyridine rings is 2. The lowest BCUT2D eigenvalue weighted by atomic mass is 9.85. The van der Waals surface area contributed by atoms with Crippen molar-refractivity contribution in [3.05, 3.63) is 60.2 Å². The molecule has 0 saturated carbocycles. The molecule has 7 heteroatoms. The number of nitrogens with two attached hydrogens (primary N) is 2. The molecule has 0 aliphatic carbocycles. The summed E-state index contributed by atoms with van der Waals surface area (Å²) in [4.78, 5) is 20.8. The van der Waals surface area contributed by atoms with Crippen molar-refractivity contribution in [1.29, 1.82) is 0 Å².